The summed E-state index contributed by atoms with van der Waals surface area (Å²) in [7, 11) is 0. The van der Waals surface area contributed by atoms with Crippen LogP contribution in [0, 0.1) is 0 Å². The van der Waals surface area contributed by atoms with E-state index in [2.05, 4.69) is 10.3 Å². The van der Waals surface area contributed by atoms with Gasteiger partial charge in [-0.1, -0.05) is 42.5 Å². The van der Waals surface area contributed by atoms with Gasteiger partial charge in [0.15, 0.2) is 5.54 Å². The fourth-order valence-electron chi connectivity index (χ4n) is 3.28. The van der Waals surface area contributed by atoms with E-state index < -0.39 is 17.5 Å². The summed E-state index contributed by atoms with van der Waals surface area (Å²) in [6, 6.07) is 16.1. The van der Waals surface area contributed by atoms with Gasteiger partial charge in [-0.25, -0.2) is 4.99 Å². The third-order valence-corrected chi connectivity index (χ3v) is 5.20. The first-order valence-corrected chi connectivity index (χ1v) is 10.9. The van der Waals surface area contributed by atoms with E-state index >= 15 is 0 Å². The first kappa shape index (κ1) is 24.4. The number of carbonyl (C=O) groups is 1. The zero-order chi connectivity index (χ0) is 23.5. The Labute approximate surface area is 193 Å². The van der Waals surface area contributed by atoms with Crippen LogP contribution in [0.4, 0.5) is 0 Å². The Kier molecular flexibility index (Phi) is 9.00. The number of aliphatic hydroxyl groups is 3. The molecule has 1 atom stereocenters. The second-order valence-electron chi connectivity index (χ2n) is 7.74. The Hall–Kier alpha value is -3.20. The number of aliphatic hydroxyl groups excluding tert-OH is 3. The van der Waals surface area contributed by atoms with Crippen LogP contribution in [0.15, 0.2) is 65.7 Å². The lowest BCUT2D eigenvalue weighted by molar-refractivity contribution is -0.128. The molecule has 1 aliphatic heterocycles. The molecule has 1 heterocycles. The van der Waals surface area contributed by atoms with E-state index in [0.717, 1.165) is 5.56 Å². The molecule has 0 saturated heterocycles. The molecule has 0 fully saturated rings. The van der Waals surface area contributed by atoms with Gasteiger partial charge in [-0.2, -0.15) is 0 Å². The van der Waals surface area contributed by atoms with Crippen LogP contribution in [0.2, 0.25) is 0 Å². The van der Waals surface area contributed by atoms with E-state index in [4.69, 9.17) is 14.6 Å². The van der Waals surface area contributed by atoms with Crippen molar-refractivity contribution in [2.75, 3.05) is 33.0 Å². The maximum atomic E-state index is 13.1. The number of amides is 1. The molecule has 4 N–H and O–H groups in total. The fourth-order valence-corrected chi connectivity index (χ4v) is 3.28. The van der Waals surface area contributed by atoms with Crippen LogP contribution in [-0.4, -0.2) is 71.7 Å². The van der Waals surface area contributed by atoms with E-state index in [1.165, 1.54) is 0 Å². The Bertz CT molecular complexity index is 941. The molecule has 8 nitrogen and oxygen atoms in total. The third kappa shape index (κ3) is 6.64. The van der Waals surface area contributed by atoms with Gasteiger partial charge in [0.25, 0.3) is 5.91 Å². The number of carbonyl (C=O) groups excluding carboxylic acids is 1. The predicted octanol–water partition coefficient (Wildman–Crippen LogP) is 1.54. The van der Waals surface area contributed by atoms with Crippen LogP contribution >= 0.6 is 0 Å². The summed E-state index contributed by atoms with van der Waals surface area (Å²) in [6.07, 6.45) is 4.61. The first-order valence-electron chi connectivity index (χ1n) is 10.9. The molecule has 1 aliphatic rings. The monoisotopic (exact) mass is 454 g/mol. The average Bonchev–Trinajstić information content (AvgIpc) is 3.29. The molecule has 0 spiro atoms. The Morgan fingerprint density at radius 2 is 1.85 bits per heavy atom. The quantitative estimate of drug-likeness (QED) is 0.361. The Balaban J connectivity index is 1.80. The highest BCUT2D eigenvalue weighted by molar-refractivity contribution is 6.00. The standard InChI is InChI=1S/C25H30N2O6/c28-14-5-15-32-22-11-9-20(10-12-22)23-27-25(18-33-23,24(31)26-21(16-29)17-30)13-4-8-19-6-2-1-3-7-19/h1-4,6-12,21,28-30H,5,13-18H2,(H,26,31)/b8-4+/t25-/m1/s1. The summed E-state index contributed by atoms with van der Waals surface area (Å²) < 4.78 is 11.4. The average molecular weight is 455 g/mol. The summed E-state index contributed by atoms with van der Waals surface area (Å²) in [4.78, 5) is 17.8. The molecule has 176 valence electrons. The molecule has 0 saturated carbocycles. The third-order valence-electron chi connectivity index (χ3n) is 5.20. The smallest absolute Gasteiger partial charge is 0.252 e. The minimum absolute atomic E-state index is 0.0334. The highest BCUT2D eigenvalue weighted by atomic mass is 16.5. The van der Waals surface area contributed by atoms with Crippen LogP contribution in [0.25, 0.3) is 6.08 Å². The molecule has 8 heteroatoms. The molecule has 0 unspecified atom stereocenters. The number of hydrogen-bond acceptors (Lipinski definition) is 7. The van der Waals surface area contributed by atoms with E-state index in [1.807, 2.05) is 42.5 Å². The van der Waals surface area contributed by atoms with Gasteiger partial charge in [0.2, 0.25) is 5.90 Å². The van der Waals surface area contributed by atoms with Crippen LogP contribution in [0.3, 0.4) is 0 Å². The van der Waals surface area contributed by atoms with Gasteiger partial charge in [0.05, 0.1) is 25.9 Å². The SMILES string of the molecule is O=C(NC(CO)CO)[C@@]1(C/C=C/c2ccccc2)COC(c2ccc(OCCCO)cc2)=N1. The minimum Gasteiger partial charge on any atom is -0.494 e. The van der Waals surface area contributed by atoms with Crippen molar-refractivity contribution in [1.82, 2.24) is 5.32 Å². The highest BCUT2D eigenvalue weighted by Crippen LogP contribution is 2.28. The number of nitrogens with one attached hydrogen (secondary N) is 1. The lowest BCUT2D eigenvalue weighted by atomic mass is 9.95. The van der Waals surface area contributed by atoms with Crippen molar-refractivity contribution >= 4 is 17.9 Å². The molecule has 0 radical (unpaired) electrons. The van der Waals surface area contributed by atoms with Crippen LogP contribution in [-0.2, 0) is 9.53 Å². The van der Waals surface area contributed by atoms with Crippen molar-refractivity contribution in [1.29, 1.82) is 0 Å². The molecule has 2 aromatic rings. The maximum Gasteiger partial charge on any atom is 0.252 e. The first-order chi connectivity index (χ1) is 16.1. The van der Waals surface area contributed by atoms with E-state index in [0.29, 0.717) is 30.2 Å². The normalized spacial score (nSPS) is 17.8. The molecule has 1 amide bonds. The maximum absolute atomic E-state index is 13.1. The van der Waals surface area contributed by atoms with E-state index in [9.17, 15) is 15.0 Å². The van der Waals surface area contributed by atoms with Crippen LogP contribution < -0.4 is 10.1 Å². The Morgan fingerprint density at radius 1 is 1.12 bits per heavy atom. The number of nitrogens with zero attached hydrogens (tertiary/aromatic N) is 1. The van der Waals surface area contributed by atoms with E-state index in [-0.39, 0.29) is 32.8 Å². The highest BCUT2D eigenvalue weighted by Gasteiger charge is 2.44. The Morgan fingerprint density at radius 3 is 2.52 bits per heavy atom. The second kappa shape index (κ2) is 12.2. The summed E-state index contributed by atoms with van der Waals surface area (Å²) >= 11 is 0. The number of ether oxygens (including phenoxy) is 2. The van der Waals surface area contributed by atoms with Gasteiger partial charge >= 0.3 is 0 Å². The van der Waals surface area contributed by atoms with Gasteiger partial charge in [-0.15, -0.1) is 0 Å². The topological polar surface area (TPSA) is 121 Å². The number of rotatable bonds is 12. The molecule has 3 rings (SSSR count). The van der Waals surface area contributed by atoms with Crippen molar-refractivity contribution in [3.05, 3.63) is 71.8 Å². The summed E-state index contributed by atoms with van der Waals surface area (Å²) in [5.74, 6) is 0.575. The number of hydrogen-bond donors (Lipinski definition) is 4. The molecular weight excluding hydrogens is 424 g/mol. The van der Waals surface area contributed by atoms with Crippen molar-refractivity contribution in [3.63, 3.8) is 0 Å². The zero-order valence-corrected chi connectivity index (χ0v) is 18.4. The van der Waals surface area contributed by atoms with Gasteiger partial charge in [-0.3, -0.25) is 4.79 Å². The van der Waals surface area contributed by atoms with Crippen molar-refractivity contribution in [2.24, 2.45) is 4.99 Å². The molecule has 0 aliphatic carbocycles. The van der Waals surface area contributed by atoms with Crippen LogP contribution in [0.1, 0.15) is 24.0 Å². The fraction of sp³-hybridized carbons (Fsp3) is 0.360. The van der Waals surface area contributed by atoms with Crippen LogP contribution in [0.5, 0.6) is 5.75 Å². The summed E-state index contributed by atoms with van der Waals surface area (Å²) in [5, 5.41) is 30.3. The zero-order valence-electron chi connectivity index (χ0n) is 18.4. The predicted molar refractivity (Wildman–Crippen MR) is 125 cm³/mol. The number of aliphatic imine (C=N–C) groups is 1. The molecular formula is C25H30N2O6. The molecule has 33 heavy (non-hydrogen) atoms. The van der Waals surface area contributed by atoms with Gasteiger partial charge in [0.1, 0.15) is 12.4 Å². The second-order valence-corrected chi connectivity index (χ2v) is 7.74. The summed E-state index contributed by atoms with van der Waals surface area (Å²) in [5.41, 5.74) is 0.475. The molecule has 0 bridgehead atoms. The molecule has 2 aromatic carbocycles. The van der Waals surface area contributed by atoms with Gasteiger partial charge in [0, 0.05) is 25.0 Å². The lowest BCUT2D eigenvalue weighted by Crippen LogP contribution is -2.52. The van der Waals surface area contributed by atoms with Crippen molar-refractivity contribution in [3.8, 4) is 5.75 Å². The van der Waals surface area contributed by atoms with Gasteiger partial charge < -0.3 is 30.1 Å². The van der Waals surface area contributed by atoms with Crippen molar-refractivity contribution < 1.29 is 29.6 Å². The van der Waals surface area contributed by atoms with Crippen molar-refractivity contribution in [2.45, 2.75) is 24.4 Å². The van der Waals surface area contributed by atoms with Gasteiger partial charge in [-0.05, 0) is 29.8 Å². The lowest BCUT2D eigenvalue weighted by Gasteiger charge is -2.24. The summed E-state index contributed by atoms with van der Waals surface area (Å²) in [6.45, 7) is -0.244. The largest absolute Gasteiger partial charge is 0.494 e. The van der Waals surface area contributed by atoms with E-state index in [1.54, 1.807) is 24.3 Å². The number of benzene rings is 2. The molecule has 0 aromatic heterocycles. The minimum atomic E-state index is -1.22.